The van der Waals surface area contributed by atoms with Crippen LogP contribution < -0.4 is 0 Å². The van der Waals surface area contributed by atoms with Crippen LogP contribution in [0.3, 0.4) is 0 Å². The fraction of sp³-hybridized carbons (Fsp3) is 0.647. The van der Waals surface area contributed by atoms with Crippen molar-refractivity contribution < 1.29 is 10.2 Å². The molecule has 0 unspecified atom stereocenters. The average molecular weight is 527 g/mol. The molecule has 2 nitrogen and oxygen atoms in total. The van der Waals surface area contributed by atoms with Crippen LogP contribution >= 0.6 is 11.8 Å². The Labute approximate surface area is 232 Å². The van der Waals surface area contributed by atoms with Crippen molar-refractivity contribution in [2.24, 2.45) is 0 Å². The van der Waals surface area contributed by atoms with Gasteiger partial charge in [0, 0.05) is 0 Å². The first-order chi connectivity index (χ1) is 18.0. The van der Waals surface area contributed by atoms with Crippen LogP contribution in [0.25, 0.3) is 0 Å². The molecule has 0 fully saturated rings. The number of hydrogen-bond acceptors (Lipinski definition) is 3. The van der Waals surface area contributed by atoms with Gasteiger partial charge >= 0.3 is 0 Å². The van der Waals surface area contributed by atoms with Gasteiger partial charge in [0.2, 0.25) is 0 Å². The van der Waals surface area contributed by atoms with Crippen molar-refractivity contribution in [1.82, 2.24) is 0 Å². The average Bonchev–Trinajstić information content (AvgIpc) is 2.87. The fourth-order valence-electron chi connectivity index (χ4n) is 5.19. The van der Waals surface area contributed by atoms with Crippen LogP contribution in [-0.2, 0) is 12.8 Å². The van der Waals surface area contributed by atoms with Gasteiger partial charge in [0.1, 0.15) is 11.5 Å². The Hall–Kier alpha value is -1.61. The third-order valence-corrected chi connectivity index (χ3v) is 8.48. The van der Waals surface area contributed by atoms with Crippen LogP contribution in [0.5, 0.6) is 11.5 Å². The lowest BCUT2D eigenvalue weighted by atomic mass is 10.0. The van der Waals surface area contributed by atoms with E-state index < -0.39 is 0 Å². The molecule has 2 N–H and O–H groups in total. The molecule has 0 aliphatic rings. The molecule has 3 heteroatoms. The summed E-state index contributed by atoms with van der Waals surface area (Å²) in [5.41, 5.74) is 4.42. The van der Waals surface area contributed by atoms with E-state index in [0.29, 0.717) is 11.5 Å². The maximum absolute atomic E-state index is 11.1. The van der Waals surface area contributed by atoms with Gasteiger partial charge < -0.3 is 10.2 Å². The molecule has 0 saturated heterocycles. The Morgan fingerprint density at radius 1 is 0.486 bits per heavy atom. The van der Waals surface area contributed by atoms with E-state index in [4.69, 9.17) is 0 Å². The first kappa shape index (κ1) is 31.6. The molecule has 2 rings (SSSR count). The zero-order valence-corrected chi connectivity index (χ0v) is 25.2. The van der Waals surface area contributed by atoms with Crippen molar-refractivity contribution in [3.63, 3.8) is 0 Å². The SMILES string of the molecule is CCCCCCCCCCc1cc(C)cc(Sc2cc(C)cc(CCCCCCCCCC)c2O)c1O. The van der Waals surface area contributed by atoms with E-state index in [-0.39, 0.29) is 0 Å². The van der Waals surface area contributed by atoms with Gasteiger partial charge in [-0.15, -0.1) is 0 Å². The maximum Gasteiger partial charge on any atom is 0.132 e. The lowest BCUT2D eigenvalue weighted by Gasteiger charge is -2.15. The topological polar surface area (TPSA) is 40.5 Å². The number of benzene rings is 2. The Balaban J connectivity index is 1.92. The van der Waals surface area contributed by atoms with Crippen molar-refractivity contribution >= 4 is 11.8 Å². The highest BCUT2D eigenvalue weighted by molar-refractivity contribution is 7.99. The van der Waals surface area contributed by atoms with E-state index >= 15 is 0 Å². The Morgan fingerprint density at radius 3 is 1.16 bits per heavy atom. The van der Waals surface area contributed by atoms with Crippen molar-refractivity contribution in [2.75, 3.05) is 0 Å². The summed E-state index contributed by atoms with van der Waals surface area (Å²) < 4.78 is 0. The van der Waals surface area contributed by atoms with Crippen LogP contribution in [0.15, 0.2) is 34.1 Å². The smallest absolute Gasteiger partial charge is 0.132 e. The second-order valence-corrected chi connectivity index (χ2v) is 12.2. The molecule has 0 saturated carbocycles. The maximum atomic E-state index is 11.1. The van der Waals surface area contributed by atoms with Crippen LogP contribution in [-0.4, -0.2) is 10.2 Å². The molecular weight excluding hydrogens is 472 g/mol. The molecule has 0 aliphatic heterocycles. The van der Waals surface area contributed by atoms with E-state index in [1.165, 1.54) is 113 Å². The van der Waals surface area contributed by atoms with Gasteiger partial charge in [-0.05, 0) is 73.9 Å². The number of rotatable bonds is 20. The van der Waals surface area contributed by atoms with E-state index in [2.05, 4.69) is 52.0 Å². The first-order valence-electron chi connectivity index (χ1n) is 15.3. The molecule has 0 spiro atoms. The van der Waals surface area contributed by atoms with Crippen LogP contribution in [0.1, 0.15) is 139 Å². The first-order valence-corrected chi connectivity index (χ1v) is 16.1. The predicted molar refractivity (Wildman–Crippen MR) is 162 cm³/mol. The molecule has 2 aromatic carbocycles. The Bertz CT molecular complexity index is 832. The normalized spacial score (nSPS) is 11.4. The molecule has 2 aromatic rings. The molecule has 37 heavy (non-hydrogen) atoms. The second-order valence-electron chi connectivity index (χ2n) is 11.1. The molecule has 0 heterocycles. The zero-order valence-electron chi connectivity index (χ0n) is 24.3. The van der Waals surface area contributed by atoms with E-state index in [1.54, 1.807) is 0 Å². The summed E-state index contributed by atoms with van der Waals surface area (Å²) in [5, 5.41) is 22.2. The van der Waals surface area contributed by atoms with E-state index in [1.807, 2.05) is 0 Å². The minimum Gasteiger partial charge on any atom is -0.506 e. The highest BCUT2D eigenvalue weighted by atomic mass is 32.2. The largest absolute Gasteiger partial charge is 0.506 e. The second kappa shape index (κ2) is 18.6. The summed E-state index contributed by atoms with van der Waals surface area (Å²) in [6.07, 6.45) is 22.5. The molecule has 208 valence electrons. The number of unbranched alkanes of at least 4 members (excludes halogenated alkanes) is 14. The van der Waals surface area contributed by atoms with Gasteiger partial charge in [-0.3, -0.25) is 0 Å². The minimum absolute atomic E-state index is 0.393. The quantitative estimate of drug-likeness (QED) is 0.169. The zero-order chi connectivity index (χ0) is 26.9. The van der Waals surface area contributed by atoms with Gasteiger partial charge in [0.05, 0.1) is 9.79 Å². The molecular formula is C34H54O2S. The van der Waals surface area contributed by atoms with Gasteiger partial charge in [0.15, 0.2) is 0 Å². The summed E-state index contributed by atoms with van der Waals surface area (Å²) in [6, 6.07) is 8.36. The van der Waals surface area contributed by atoms with Gasteiger partial charge in [-0.1, -0.05) is 128 Å². The Kier molecular flexibility index (Phi) is 15.9. The summed E-state index contributed by atoms with van der Waals surface area (Å²) in [4.78, 5) is 1.71. The number of phenols is 2. The van der Waals surface area contributed by atoms with Gasteiger partial charge in [-0.2, -0.15) is 0 Å². The molecule has 0 bridgehead atoms. The molecule has 0 aliphatic carbocycles. The van der Waals surface area contributed by atoms with Crippen molar-refractivity contribution in [1.29, 1.82) is 0 Å². The van der Waals surface area contributed by atoms with Gasteiger partial charge in [0.25, 0.3) is 0 Å². The van der Waals surface area contributed by atoms with E-state index in [9.17, 15) is 10.2 Å². The van der Waals surface area contributed by atoms with Crippen LogP contribution in [0.4, 0.5) is 0 Å². The highest BCUT2D eigenvalue weighted by Crippen LogP contribution is 2.43. The molecule has 0 radical (unpaired) electrons. The van der Waals surface area contributed by atoms with Crippen LogP contribution in [0.2, 0.25) is 0 Å². The van der Waals surface area contributed by atoms with Crippen LogP contribution in [0, 0.1) is 13.8 Å². The number of hydrogen-bond donors (Lipinski definition) is 2. The lowest BCUT2D eigenvalue weighted by Crippen LogP contribution is -1.93. The number of aromatic hydroxyl groups is 2. The fourth-order valence-corrected chi connectivity index (χ4v) is 6.37. The van der Waals surface area contributed by atoms with E-state index in [0.717, 1.165) is 46.6 Å². The third kappa shape index (κ3) is 12.2. The summed E-state index contributed by atoms with van der Waals surface area (Å²) in [6.45, 7) is 8.73. The predicted octanol–water partition coefficient (Wildman–Crippen LogP) is 11.2. The third-order valence-electron chi connectivity index (χ3n) is 7.42. The number of phenolic OH excluding ortho intramolecular Hbond substituents is 2. The van der Waals surface area contributed by atoms with Crippen molar-refractivity contribution in [3.8, 4) is 11.5 Å². The summed E-state index contributed by atoms with van der Waals surface area (Å²) in [7, 11) is 0. The molecule has 0 aromatic heterocycles. The minimum atomic E-state index is 0.393. The summed E-state index contributed by atoms with van der Waals surface area (Å²) >= 11 is 1.51. The monoisotopic (exact) mass is 526 g/mol. The van der Waals surface area contributed by atoms with Gasteiger partial charge in [-0.25, -0.2) is 0 Å². The highest BCUT2D eigenvalue weighted by Gasteiger charge is 2.15. The van der Waals surface area contributed by atoms with Crippen molar-refractivity contribution in [3.05, 3.63) is 46.5 Å². The molecule has 0 amide bonds. The number of aryl methyl sites for hydroxylation is 4. The summed E-state index contributed by atoms with van der Waals surface area (Å²) in [5.74, 6) is 0.785. The standard InChI is InChI=1S/C34H54O2S/c1-5-7-9-11-13-15-17-19-21-29-23-27(3)25-31(33(29)35)37-32-26-28(4)24-30(34(32)36)22-20-18-16-14-12-10-8-6-2/h23-26,35-36H,5-22H2,1-4H3. The Morgan fingerprint density at radius 2 is 0.811 bits per heavy atom. The molecule has 0 atom stereocenters. The lowest BCUT2D eigenvalue weighted by molar-refractivity contribution is 0.450. The van der Waals surface area contributed by atoms with Crippen molar-refractivity contribution in [2.45, 2.75) is 153 Å².